The summed E-state index contributed by atoms with van der Waals surface area (Å²) >= 11 is 5.54. The minimum Gasteiger partial charge on any atom is -0.386 e. The molecule has 0 heterocycles. The van der Waals surface area contributed by atoms with Crippen molar-refractivity contribution < 1.29 is 8.42 Å². The van der Waals surface area contributed by atoms with E-state index in [4.69, 9.17) is 17.3 Å². The van der Waals surface area contributed by atoms with Crippen LogP contribution < -0.4 is 10.5 Å². The molecule has 22 heavy (non-hydrogen) atoms. The fourth-order valence-corrected chi connectivity index (χ4v) is 2.83. The Labute approximate surface area is 134 Å². The first-order valence-corrected chi connectivity index (χ1v) is 8.56. The molecule has 0 bridgehead atoms. The number of rotatable bonds is 6. The van der Waals surface area contributed by atoms with E-state index in [9.17, 15) is 8.42 Å². The number of halogens is 1. The van der Waals surface area contributed by atoms with Crippen LogP contribution in [0.1, 0.15) is 5.56 Å². The second-order valence-electron chi connectivity index (χ2n) is 4.54. The number of alkyl halides is 1. The predicted molar refractivity (Wildman–Crippen MR) is 88.9 cm³/mol. The number of aliphatic imine (C=N–C) groups is 1. The summed E-state index contributed by atoms with van der Waals surface area (Å²) in [6.07, 6.45) is 0. The van der Waals surface area contributed by atoms with Gasteiger partial charge in [0.1, 0.15) is 5.84 Å². The van der Waals surface area contributed by atoms with Gasteiger partial charge in [0.25, 0.3) is 0 Å². The molecule has 0 aromatic heterocycles. The summed E-state index contributed by atoms with van der Waals surface area (Å²) in [7, 11) is -3.57. The van der Waals surface area contributed by atoms with E-state index in [0.717, 1.165) is 5.56 Å². The average molecular weight is 338 g/mol. The predicted octanol–water partition coefficient (Wildman–Crippen LogP) is 2.39. The Morgan fingerprint density at radius 1 is 1.09 bits per heavy atom. The van der Waals surface area contributed by atoms with Gasteiger partial charge in [0.15, 0.2) is 0 Å². The van der Waals surface area contributed by atoms with E-state index < -0.39 is 10.0 Å². The molecule has 0 spiro atoms. The molecule has 2 aromatic carbocycles. The average Bonchev–Trinajstić information content (AvgIpc) is 2.54. The number of hydrogen-bond donors (Lipinski definition) is 2. The maximum absolute atomic E-state index is 12.2. The molecule has 2 aromatic rings. The van der Waals surface area contributed by atoms with Gasteiger partial charge in [0.2, 0.25) is 10.0 Å². The summed E-state index contributed by atoms with van der Waals surface area (Å²) in [5.74, 6) is 0.401. The monoisotopic (exact) mass is 337 g/mol. The summed E-state index contributed by atoms with van der Waals surface area (Å²) in [6.45, 7) is 0.238. The summed E-state index contributed by atoms with van der Waals surface area (Å²) in [5, 5.41) is 0. The lowest BCUT2D eigenvalue weighted by atomic mass is 10.2. The van der Waals surface area contributed by atoms with Crippen LogP contribution in [0.15, 0.2) is 64.5 Å². The van der Waals surface area contributed by atoms with E-state index in [1.165, 1.54) is 12.1 Å². The van der Waals surface area contributed by atoms with Crippen molar-refractivity contribution in [1.82, 2.24) is 4.72 Å². The standard InChI is InChI=1S/C15H16ClN3O2S/c16-10-15(17)19-13-6-8-14(9-7-13)22(20,21)18-11-12-4-2-1-3-5-12/h1-9,18H,10-11H2,(H2,17,19). The number of nitrogens with one attached hydrogen (secondary N) is 1. The van der Waals surface area contributed by atoms with Gasteiger partial charge in [-0.2, -0.15) is 0 Å². The van der Waals surface area contributed by atoms with Crippen LogP contribution in [-0.4, -0.2) is 20.1 Å². The van der Waals surface area contributed by atoms with E-state index in [2.05, 4.69) is 9.71 Å². The number of sulfonamides is 1. The molecule has 7 heteroatoms. The smallest absolute Gasteiger partial charge is 0.240 e. The van der Waals surface area contributed by atoms with Crippen molar-refractivity contribution in [1.29, 1.82) is 0 Å². The molecule has 0 saturated carbocycles. The van der Waals surface area contributed by atoms with Crippen LogP contribution in [0.2, 0.25) is 0 Å². The Bertz CT molecular complexity index is 744. The lowest BCUT2D eigenvalue weighted by Gasteiger charge is -2.07. The fourth-order valence-electron chi connectivity index (χ4n) is 1.75. The van der Waals surface area contributed by atoms with Crippen LogP contribution in [-0.2, 0) is 16.6 Å². The minimum atomic E-state index is -3.57. The zero-order valence-electron chi connectivity index (χ0n) is 11.7. The van der Waals surface area contributed by atoms with Crippen molar-refractivity contribution in [3.63, 3.8) is 0 Å². The summed E-state index contributed by atoms with van der Waals surface area (Å²) in [5.41, 5.74) is 6.98. The van der Waals surface area contributed by atoms with Crippen LogP contribution in [0.5, 0.6) is 0 Å². The number of hydrogen-bond acceptors (Lipinski definition) is 3. The van der Waals surface area contributed by atoms with Crippen molar-refractivity contribution in [2.45, 2.75) is 11.4 Å². The Balaban J connectivity index is 2.09. The van der Waals surface area contributed by atoms with E-state index in [1.807, 2.05) is 30.3 Å². The Morgan fingerprint density at radius 2 is 1.73 bits per heavy atom. The second-order valence-corrected chi connectivity index (χ2v) is 6.58. The Kier molecular flexibility index (Phi) is 5.54. The molecule has 0 unspecified atom stereocenters. The van der Waals surface area contributed by atoms with E-state index in [-0.39, 0.29) is 23.2 Å². The highest BCUT2D eigenvalue weighted by molar-refractivity contribution is 7.89. The SMILES string of the molecule is NC(CCl)=Nc1ccc(S(=O)(=O)NCc2ccccc2)cc1. The molecule has 0 aliphatic heterocycles. The van der Waals surface area contributed by atoms with Crippen molar-refractivity contribution in [3.05, 3.63) is 60.2 Å². The van der Waals surface area contributed by atoms with Crippen molar-refractivity contribution >= 4 is 33.1 Å². The lowest BCUT2D eigenvalue weighted by molar-refractivity contribution is 0.581. The third kappa shape index (κ3) is 4.56. The molecule has 0 atom stereocenters. The van der Waals surface area contributed by atoms with Gasteiger partial charge in [0, 0.05) is 6.54 Å². The number of nitrogens with zero attached hydrogens (tertiary/aromatic N) is 1. The molecular formula is C15H16ClN3O2S. The van der Waals surface area contributed by atoms with Crippen molar-refractivity contribution in [2.24, 2.45) is 10.7 Å². The van der Waals surface area contributed by atoms with Gasteiger partial charge in [-0.25, -0.2) is 18.1 Å². The molecule has 0 aliphatic rings. The second kappa shape index (κ2) is 7.40. The lowest BCUT2D eigenvalue weighted by Crippen LogP contribution is -2.23. The zero-order chi connectivity index (χ0) is 16.0. The minimum absolute atomic E-state index is 0.124. The maximum Gasteiger partial charge on any atom is 0.240 e. The molecular weight excluding hydrogens is 322 g/mol. The highest BCUT2D eigenvalue weighted by Gasteiger charge is 2.13. The van der Waals surface area contributed by atoms with E-state index in [0.29, 0.717) is 5.69 Å². The van der Waals surface area contributed by atoms with E-state index >= 15 is 0 Å². The Hall–Kier alpha value is -1.89. The van der Waals surface area contributed by atoms with Crippen LogP contribution in [0.3, 0.4) is 0 Å². The third-order valence-electron chi connectivity index (χ3n) is 2.87. The van der Waals surface area contributed by atoms with Gasteiger partial charge in [-0.3, -0.25) is 0 Å². The first-order valence-electron chi connectivity index (χ1n) is 6.54. The van der Waals surface area contributed by atoms with Gasteiger partial charge in [-0.05, 0) is 29.8 Å². The quantitative estimate of drug-likeness (QED) is 0.482. The number of nitrogens with two attached hydrogens (primary N) is 1. The Morgan fingerprint density at radius 3 is 2.32 bits per heavy atom. The van der Waals surface area contributed by atoms with Gasteiger partial charge in [-0.1, -0.05) is 30.3 Å². The summed E-state index contributed by atoms with van der Waals surface area (Å²) in [6, 6.07) is 15.4. The van der Waals surface area contributed by atoms with Gasteiger partial charge in [0.05, 0.1) is 16.5 Å². The molecule has 0 saturated heterocycles. The molecule has 0 radical (unpaired) electrons. The van der Waals surface area contributed by atoms with Gasteiger partial charge >= 0.3 is 0 Å². The van der Waals surface area contributed by atoms with Crippen molar-refractivity contribution in [3.8, 4) is 0 Å². The van der Waals surface area contributed by atoms with E-state index in [1.54, 1.807) is 12.1 Å². The molecule has 2 rings (SSSR count). The molecule has 116 valence electrons. The first-order chi connectivity index (χ1) is 10.5. The van der Waals surface area contributed by atoms with Gasteiger partial charge in [-0.15, -0.1) is 11.6 Å². The topological polar surface area (TPSA) is 84.5 Å². The van der Waals surface area contributed by atoms with Crippen LogP contribution in [0.4, 0.5) is 5.69 Å². The number of benzene rings is 2. The molecule has 3 N–H and O–H groups in total. The first kappa shape index (κ1) is 16.5. The normalized spacial score (nSPS) is 12.3. The highest BCUT2D eigenvalue weighted by atomic mass is 35.5. The molecule has 0 fully saturated rings. The summed E-state index contributed by atoms with van der Waals surface area (Å²) < 4.78 is 27.0. The maximum atomic E-state index is 12.2. The zero-order valence-corrected chi connectivity index (χ0v) is 13.3. The largest absolute Gasteiger partial charge is 0.386 e. The summed E-state index contributed by atoms with van der Waals surface area (Å²) in [4.78, 5) is 4.21. The van der Waals surface area contributed by atoms with Crippen molar-refractivity contribution in [2.75, 3.05) is 5.88 Å². The molecule has 0 aliphatic carbocycles. The third-order valence-corrected chi connectivity index (χ3v) is 4.56. The molecule has 0 amide bonds. The van der Waals surface area contributed by atoms with Crippen LogP contribution in [0, 0.1) is 0 Å². The molecule has 5 nitrogen and oxygen atoms in total. The fraction of sp³-hybridized carbons (Fsp3) is 0.133. The van der Waals surface area contributed by atoms with Crippen LogP contribution in [0.25, 0.3) is 0 Å². The highest BCUT2D eigenvalue weighted by Crippen LogP contribution is 2.17. The number of amidine groups is 1. The van der Waals surface area contributed by atoms with Crippen LogP contribution >= 0.6 is 11.6 Å². The van der Waals surface area contributed by atoms with Gasteiger partial charge < -0.3 is 5.73 Å².